The number of pyridine rings is 1. The van der Waals surface area contributed by atoms with Crippen LogP contribution in [0.3, 0.4) is 0 Å². The number of H-pyrrole nitrogens is 1. The lowest BCUT2D eigenvalue weighted by atomic mass is 9.88. The standard InChI is InChI=1S/C21H26N4O2/c1-12(2)9-18-17(11-22)20(15-7-5-13(3)6-8-15)16(14(4)23-18)10-19-24-21(26)27-25-19/h5-8,12H,9-11,22H2,1-4H3,(H,24,25,26). The van der Waals surface area contributed by atoms with Crippen LogP contribution in [0.4, 0.5) is 0 Å². The van der Waals surface area contributed by atoms with E-state index in [0.29, 0.717) is 24.7 Å². The molecule has 1 aromatic carbocycles. The Bertz CT molecular complexity index is 984. The maximum Gasteiger partial charge on any atom is 0.438 e. The van der Waals surface area contributed by atoms with E-state index in [-0.39, 0.29) is 0 Å². The van der Waals surface area contributed by atoms with Gasteiger partial charge in [-0.1, -0.05) is 48.8 Å². The molecule has 0 saturated carbocycles. The molecule has 0 amide bonds. The van der Waals surface area contributed by atoms with Crippen LogP contribution >= 0.6 is 0 Å². The molecular weight excluding hydrogens is 340 g/mol. The van der Waals surface area contributed by atoms with Gasteiger partial charge in [0.25, 0.3) is 0 Å². The lowest BCUT2D eigenvalue weighted by molar-refractivity contribution is 0.382. The van der Waals surface area contributed by atoms with Gasteiger partial charge in [-0.2, -0.15) is 0 Å². The lowest BCUT2D eigenvalue weighted by Crippen LogP contribution is -2.14. The molecule has 3 N–H and O–H groups in total. The number of aromatic amines is 1. The van der Waals surface area contributed by atoms with Gasteiger partial charge in [-0.05, 0) is 48.4 Å². The molecule has 0 fully saturated rings. The summed E-state index contributed by atoms with van der Waals surface area (Å²) in [5.74, 6) is 0.409. The topological polar surface area (TPSA) is 97.8 Å². The monoisotopic (exact) mass is 366 g/mol. The Morgan fingerprint density at radius 2 is 1.85 bits per heavy atom. The molecule has 2 aromatic heterocycles. The molecular formula is C21H26N4O2. The van der Waals surface area contributed by atoms with Gasteiger partial charge in [0.15, 0.2) is 5.82 Å². The predicted molar refractivity (Wildman–Crippen MR) is 106 cm³/mol. The second-order valence-corrected chi connectivity index (χ2v) is 7.36. The van der Waals surface area contributed by atoms with Crippen molar-refractivity contribution in [3.05, 3.63) is 68.7 Å². The number of benzene rings is 1. The summed E-state index contributed by atoms with van der Waals surface area (Å²) >= 11 is 0. The number of nitrogens with two attached hydrogens (primary N) is 1. The maximum atomic E-state index is 11.3. The second-order valence-electron chi connectivity index (χ2n) is 7.36. The van der Waals surface area contributed by atoms with Crippen molar-refractivity contribution >= 4 is 0 Å². The first-order valence-corrected chi connectivity index (χ1v) is 9.22. The Balaban J connectivity index is 2.23. The fourth-order valence-electron chi connectivity index (χ4n) is 3.41. The van der Waals surface area contributed by atoms with Crippen LogP contribution < -0.4 is 11.5 Å². The summed E-state index contributed by atoms with van der Waals surface area (Å²) in [4.78, 5) is 18.8. The normalized spacial score (nSPS) is 11.3. The first-order valence-electron chi connectivity index (χ1n) is 9.22. The van der Waals surface area contributed by atoms with Crippen LogP contribution in [0.5, 0.6) is 0 Å². The number of hydrogen-bond acceptors (Lipinski definition) is 5. The van der Waals surface area contributed by atoms with Gasteiger partial charge in [0.2, 0.25) is 0 Å². The number of aromatic nitrogens is 3. The van der Waals surface area contributed by atoms with E-state index >= 15 is 0 Å². The molecule has 0 aliphatic carbocycles. The summed E-state index contributed by atoms with van der Waals surface area (Å²) in [5.41, 5.74) is 13.6. The summed E-state index contributed by atoms with van der Waals surface area (Å²) in [6.07, 6.45) is 1.30. The molecule has 0 unspecified atom stereocenters. The first kappa shape index (κ1) is 19.0. The number of aryl methyl sites for hydroxylation is 2. The minimum Gasteiger partial charge on any atom is -0.326 e. The van der Waals surface area contributed by atoms with Gasteiger partial charge in [-0.25, -0.2) is 4.79 Å². The first-order chi connectivity index (χ1) is 12.9. The minimum atomic E-state index is -0.553. The largest absolute Gasteiger partial charge is 0.438 e. The number of hydrogen-bond donors (Lipinski definition) is 2. The highest BCUT2D eigenvalue weighted by atomic mass is 16.5. The zero-order valence-corrected chi connectivity index (χ0v) is 16.3. The third kappa shape index (κ3) is 4.17. The van der Waals surface area contributed by atoms with Gasteiger partial charge < -0.3 is 5.73 Å². The van der Waals surface area contributed by atoms with E-state index in [2.05, 4.69) is 59.7 Å². The van der Waals surface area contributed by atoms with Crippen LogP contribution in [0.2, 0.25) is 0 Å². The maximum absolute atomic E-state index is 11.3. The Labute approximate surface area is 158 Å². The molecule has 0 aliphatic rings. The highest BCUT2D eigenvalue weighted by Gasteiger charge is 2.20. The summed E-state index contributed by atoms with van der Waals surface area (Å²) in [5, 5.41) is 3.83. The van der Waals surface area contributed by atoms with Crippen molar-refractivity contribution in [1.82, 2.24) is 15.1 Å². The van der Waals surface area contributed by atoms with Crippen LogP contribution in [0, 0.1) is 19.8 Å². The van der Waals surface area contributed by atoms with E-state index in [1.54, 1.807) is 0 Å². The highest BCUT2D eigenvalue weighted by Crippen LogP contribution is 2.33. The van der Waals surface area contributed by atoms with Crippen molar-refractivity contribution in [2.75, 3.05) is 0 Å². The summed E-state index contributed by atoms with van der Waals surface area (Å²) in [6.45, 7) is 8.82. The second kappa shape index (κ2) is 7.88. The average Bonchev–Trinajstić information content (AvgIpc) is 3.02. The number of nitrogens with zero attached hydrogens (tertiary/aromatic N) is 2. The number of nitrogens with one attached hydrogen (secondary N) is 1. The summed E-state index contributed by atoms with van der Waals surface area (Å²) < 4.78 is 4.66. The van der Waals surface area contributed by atoms with E-state index in [0.717, 1.165) is 40.1 Å². The molecule has 6 nitrogen and oxygen atoms in total. The fraction of sp³-hybridized carbons (Fsp3) is 0.381. The molecule has 142 valence electrons. The molecule has 27 heavy (non-hydrogen) atoms. The van der Waals surface area contributed by atoms with Crippen molar-refractivity contribution in [3.8, 4) is 11.1 Å². The average molecular weight is 366 g/mol. The lowest BCUT2D eigenvalue weighted by Gasteiger charge is -2.20. The molecule has 6 heteroatoms. The van der Waals surface area contributed by atoms with E-state index in [1.165, 1.54) is 5.56 Å². The van der Waals surface area contributed by atoms with Crippen LogP contribution in [-0.2, 0) is 19.4 Å². The van der Waals surface area contributed by atoms with Crippen LogP contribution in [0.15, 0.2) is 33.6 Å². The zero-order chi connectivity index (χ0) is 19.6. The van der Waals surface area contributed by atoms with Crippen molar-refractivity contribution in [1.29, 1.82) is 0 Å². The predicted octanol–water partition coefficient (Wildman–Crippen LogP) is 3.29. The van der Waals surface area contributed by atoms with Crippen molar-refractivity contribution in [2.24, 2.45) is 11.7 Å². The minimum absolute atomic E-state index is 0.404. The smallest absolute Gasteiger partial charge is 0.326 e. The molecule has 0 atom stereocenters. The van der Waals surface area contributed by atoms with Gasteiger partial charge in [0.1, 0.15) is 0 Å². The molecule has 0 radical (unpaired) electrons. The molecule has 0 bridgehead atoms. The van der Waals surface area contributed by atoms with E-state index < -0.39 is 5.76 Å². The van der Waals surface area contributed by atoms with Gasteiger partial charge >= 0.3 is 5.76 Å². The third-order valence-electron chi connectivity index (χ3n) is 4.67. The van der Waals surface area contributed by atoms with Crippen LogP contribution in [0.1, 0.15) is 47.8 Å². The third-order valence-corrected chi connectivity index (χ3v) is 4.67. The van der Waals surface area contributed by atoms with Crippen molar-refractivity contribution in [3.63, 3.8) is 0 Å². The van der Waals surface area contributed by atoms with E-state index in [4.69, 9.17) is 10.7 Å². The Kier molecular flexibility index (Phi) is 5.56. The van der Waals surface area contributed by atoms with Gasteiger partial charge in [-0.15, -0.1) is 0 Å². The number of rotatable bonds is 6. The van der Waals surface area contributed by atoms with Gasteiger partial charge in [0, 0.05) is 24.4 Å². The van der Waals surface area contributed by atoms with Crippen LogP contribution in [-0.4, -0.2) is 15.1 Å². The molecule has 2 heterocycles. The quantitative estimate of drug-likeness (QED) is 0.697. The molecule has 3 aromatic rings. The Morgan fingerprint density at radius 1 is 1.15 bits per heavy atom. The Hall–Kier alpha value is -2.73. The van der Waals surface area contributed by atoms with Crippen LogP contribution in [0.25, 0.3) is 11.1 Å². The molecule has 3 rings (SSSR count). The Morgan fingerprint density at radius 3 is 2.41 bits per heavy atom. The molecule has 0 aliphatic heterocycles. The summed E-state index contributed by atoms with van der Waals surface area (Å²) in [7, 11) is 0. The van der Waals surface area contributed by atoms with E-state index in [9.17, 15) is 4.79 Å². The van der Waals surface area contributed by atoms with Gasteiger partial charge in [-0.3, -0.25) is 14.5 Å². The fourth-order valence-corrected chi connectivity index (χ4v) is 3.41. The zero-order valence-electron chi connectivity index (χ0n) is 16.3. The van der Waals surface area contributed by atoms with Gasteiger partial charge in [0.05, 0.1) is 0 Å². The molecule has 0 spiro atoms. The van der Waals surface area contributed by atoms with Crippen molar-refractivity contribution < 1.29 is 4.52 Å². The highest BCUT2D eigenvalue weighted by molar-refractivity contribution is 5.73. The van der Waals surface area contributed by atoms with Crippen molar-refractivity contribution in [2.45, 2.75) is 47.1 Å². The SMILES string of the molecule is Cc1ccc(-c2c(Cc3noc(=O)[nH]3)c(C)nc(CC(C)C)c2CN)cc1. The molecule has 0 saturated heterocycles. The summed E-state index contributed by atoms with van der Waals surface area (Å²) in [6, 6.07) is 8.40. The van der Waals surface area contributed by atoms with E-state index in [1.807, 2.05) is 6.92 Å².